The Bertz CT molecular complexity index is 1070. The van der Waals surface area contributed by atoms with Crippen LogP contribution in [0, 0.1) is 5.82 Å². The maximum absolute atomic E-state index is 13.3. The van der Waals surface area contributed by atoms with Gasteiger partial charge in [-0.1, -0.05) is 35.5 Å². The van der Waals surface area contributed by atoms with Crippen molar-refractivity contribution in [1.82, 2.24) is 9.97 Å². The molecular weight excluding hydrogens is 471 g/mol. The van der Waals surface area contributed by atoms with Crippen LogP contribution < -0.4 is 5.32 Å². The van der Waals surface area contributed by atoms with Gasteiger partial charge in [-0.2, -0.15) is 26.3 Å². The highest BCUT2D eigenvalue weighted by atomic mass is 35.5. The molecule has 0 saturated heterocycles. The molecule has 2 aromatic carbocycles. The fourth-order valence-corrected chi connectivity index (χ4v) is 3.35. The predicted molar refractivity (Wildman–Crippen MR) is 103 cm³/mol. The molecule has 0 atom stereocenters. The van der Waals surface area contributed by atoms with Crippen LogP contribution in [0.25, 0.3) is 0 Å². The maximum atomic E-state index is 13.3. The summed E-state index contributed by atoms with van der Waals surface area (Å²) in [5.74, 6) is -0.861. The second-order valence-electron chi connectivity index (χ2n) is 6.16. The van der Waals surface area contributed by atoms with Crippen molar-refractivity contribution in [3.8, 4) is 0 Å². The summed E-state index contributed by atoms with van der Waals surface area (Å²) < 4.78 is 90.8. The lowest BCUT2D eigenvalue weighted by molar-refractivity contribution is -0.141. The largest absolute Gasteiger partial charge is 0.433 e. The first-order valence-corrected chi connectivity index (χ1v) is 9.75. The summed E-state index contributed by atoms with van der Waals surface area (Å²) in [6, 6.07) is 8.39. The van der Waals surface area contributed by atoms with E-state index in [1.807, 2.05) is 0 Å². The third-order valence-electron chi connectivity index (χ3n) is 3.84. The molecule has 0 saturated carbocycles. The van der Waals surface area contributed by atoms with Crippen molar-refractivity contribution in [2.24, 2.45) is 0 Å². The van der Waals surface area contributed by atoms with Crippen LogP contribution in [0.4, 0.5) is 42.2 Å². The second kappa shape index (κ2) is 8.91. The Morgan fingerprint density at radius 2 is 1.55 bits per heavy atom. The summed E-state index contributed by atoms with van der Waals surface area (Å²) >= 11 is 6.49. The van der Waals surface area contributed by atoms with Crippen LogP contribution >= 0.6 is 23.4 Å². The Balaban J connectivity index is 1.82. The van der Waals surface area contributed by atoms with Crippen molar-refractivity contribution in [1.29, 1.82) is 0 Å². The molecule has 0 bridgehead atoms. The quantitative estimate of drug-likeness (QED) is 0.235. The van der Waals surface area contributed by atoms with E-state index in [1.165, 1.54) is 24.3 Å². The molecule has 0 aliphatic carbocycles. The first-order chi connectivity index (χ1) is 14.4. The van der Waals surface area contributed by atoms with Gasteiger partial charge in [-0.25, -0.2) is 14.4 Å². The smallest absolute Gasteiger partial charge is 0.340 e. The van der Waals surface area contributed by atoms with Crippen LogP contribution in [0.2, 0.25) is 5.02 Å². The van der Waals surface area contributed by atoms with E-state index < -0.39 is 29.4 Å². The van der Waals surface area contributed by atoms with Crippen LogP contribution in [-0.2, 0) is 18.1 Å². The molecular formula is C19H11ClF7N3S. The summed E-state index contributed by atoms with van der Waals surface area (Å²) in [4.78, 5) is 7.46. The fraction of sp³-hybridized carbons (Fsp3) is 0.158. The molecule has 0 spiro atoms. The molecule has 31 heavy (non-hydrogen) atoms. The lowest BCUT2D eigenvalue weighted by atomic mass is 10.1. The van der Waals surface area contributed by atoms with E-state index in [9.17, 15) is 30.7 Å². The van der Waals surface area contributed by atoms with Gasteiger partial charge in [-0.3, -0.25) is 0 Å². The van der Waals surface area contributed by atoms with Crippen LogP contribution in [0.3, 0.4) is 0 Å². The molecule has 0 aliphatic heterocycles. The van der Waals surface area contributed by atoms with Gasteiger partial charge in [0.1, 0.15) is 11.6 Å². The number of rotatable bonds is 5. The number of anilines is 2. The molecule has 1 aromatic heterocycles. The molecule has 1 N–H and O–H groups in total. The topological polar surface area (TPSA) is 37.8 Å². The summed E-state index contributed by atoms with van der Waals surface area (Å²) in [6.45, 7) is 0. The minimum atomic E-state index is -4.76. The fourth-order valence-electron chi connectivity index (χ4n) is 2.36. The van der Waals surface area contributed by atoms with Crippen LogP contribution in [0.15, 0.2) is 53.7 Å². The Kier molecular flexibility index (Phi) is 6.65. The zero-order chi connectivity index (χ0) is 22.8. The van der Waals surface area contributed by atoms with Gasteiger partial charge in [-0.05, 0) is 35.9 Å². The number of halogens is 8. The molecule has 164 valence electrons. The minimum absolute atomic E-state index is 0.0429. The summed E-state index contributed by atoms with van der Waals surface area (Å²) in [5, 5.41) is 2.13. The van der Waals surface area contributed by atoms with E-state index in [0.717, 1.165) is 30.0 Å². The zero-order valence-electron chi connectivity index (χ0n) is 15.2. The molecule has 0 aliphatic rings. The van der Waals surface area contributed by atoms with Gasteiger partial charge in [0.25, 0.3) is 0 Å². The molecule has 3 nitrogen and oxygen atoms in total. The number of benzene rings is 2. The summed E-state index contributed by atoms with van der Waals surface area (Å²) in [6.07, 6.45) is -9.25. The third-order valence-corrected chi connectivity index (χ3v) is 5.05. The minimum Gasteiger partial charge on any atom is -0.340 e. The van der Waals surface area contributed by atoms with E-state index >= 15 is 0 Å². The molecule has 3 aromatic rings. The van der Waals surface area contributed by atoms with E-state index in [4.69, 9.17) is 11.6 Å². The Morgan fingerprint density at radius 3 is 2.13 bits per heavy atom. The van der Waals surface area contributed by atoms with Crippen molar-refractivity contribution >= 4 is 34.9 Å². The highest BCUT2D eigenvalue weighted by Gasteiger charge is 2.34. The third kappa shape index (κ3) is 6.23. The number of hydrogen-bond acceptors (Lipinski definition) is 4. The van der Waals surface area contributed by atoms with Gasteiger partial charge in [0, 0.05) is 17.5 Å². The van der Waals surface area contributed by atoms with E-state index in [0.29, 0.717) is 11.6 Å². The van der Waals surface area contributed by atoms with Gasteiger partial charge in [0.05, 0.1) is 10.6 Å². The van der Waals surface area contributed by atoms with E-state index in [-0.39, 0.29) is 27.4 Å². The Morgan fingerprint density at radius 1 is 0.871 bits per heavy atom. The molecule has 0 radical (unpaired) electrons. The van der Waals surface area contributed by atoms with Crippen molar-refractivity contribution in [2.45, 2.75) is 23.3 Å². The monoisotopic (exact) mass is 481 g/mol. The number of nitrogens with zero attached hydrogens (tertiary/aromatic N) is 2. The molecule has 3 rings (SSSR count). The molecule has 1 heterocycles. The number of aromatic nitrogens is 2. The number of thioether (sulfide) groups is 1. The van der Waals surface area contributed by atoms with E-state index in [1.54, 1.807) is 0 Å². The number of hydrogen-bond donors (Lipinski definition) is 1. The SMILES string of the molecule is Fc1ccc(Nc2cc(C(F)(F)F)nc(SCc3ccc(C(F)(F)F)cc3)n2)cc1Cl. The molecule has 12 heteroatoms. The Hall–Kier alpha value is -2.53. The summed E-state index contributed by atoms with van der Waals surface area (Å²) in [5.41, 5.74) is -1.40. The van der Waals surface area contributed by atoms with E-state index in [2.05, 4.69) is 15.3 Å². The van der Waals surface area contributed by atoms with Gasteiger partial charge in [-0.15, -0.1) is 0 Å². The van der Waals surface area contributed by atoms with Gasteiger partial charge >= 0.3 is 12.4 Å². The predicted octanol–water partition coefficient (Wildman–Crippen LogP) is 7.34. The normalized spacial score (nSPS) is 12.1. The average molecular weight is 482 g/mol. The highest BCUT2D eigenvalue weighted by Crippen LogP contribution is 2.33. The number of nitrogens with one attached hydrogen (secondary N) is 1. The van der Waals surface area contributed by atoms with Crippen molar-refractivity contribution in [3.63, 3.8) is 0 Å². The second-order valence-corrected chi connectivity index (χ2v) is 7.51. The van der Waals surface area contributed by atoms with Crippen molar-refractivity contribution in [2.75, 3.05) is 5.32 Å². The number of alkyl halides is 6. The Labute approximate surface area is 180 Å². The first kappa shape index (κ1) is 23.1. The first-order valence-electron chi connectivity index (χ1n) is 8.39. The van der Waals surface area contributed by atoms with Gasteiger partial charge in [0.15, 0.2) is 10.9 Å². The van der Waals surface area contributed by atoms with Gasteiger partial charge in [0.2, 0.25) is 0 Å². The lowest BCUT2D eigenvalue weighted by Gasteiger charge is -2.12. The summed E-state index contributed by atoms with van der Waals surface area (Å²) in [7, 11) is 0. The maximum Gasteiger partial charge on any atom is 0.433 e. The molecule has 0 unspecified atom stereocenters. The van der Waals surface area contributed by atoms with Crippen molar-refractivity contribution in [3.05, 3.63) is 76.2 Å². The van der Waals surface area contributed by atoms with Crippen LogP contribution in [-0.4, -0.2) is 9.97 Å². The van der Waals surface area contributed by atoms with Gasteiger partial charge < -0.3 is 5.32 Å². The van der Waals surface area contributed by atoms with Crippen molar-refractivity contribution < 1.29 is 30.7 Å². The lowest BCUT2D eigenvalue weighted by Crippen LogP contribution is -2.11. The zero-order valence-corrected chi connectivity index (χ0v) is 16.7. The van der Waals surface area contributed by atoms with Crippen LogP contribution in [0.5, 0.6) is 0 Å². The highest BCUT2D eigenvalue weighted by molar-refractivity contribution is 7.98. The standard InChI is InChI=1S/C19H11ClF7N3S/c20-13-7-12(5-6-14(13)21)28-16-8-15(19(25,26)27)29-17(30-16)31-9-10-1-3-11(4-2-10)18(22,23)24/h1-8H,9H2,(H,28,29,30). The molecule has 0 fully saturated rings. The average Bonchev–Trinajstić information content (AvgIpc) is 2.68. The molecule has 0 amide bonds. The van der Waals surface area contributed by atoms with Crippen LogP contribution in [0.1, 0.15) is 16.8 Å².